The summed E-state index contributed by atoms with van der Waals surface area (Å²) in [6.07, 6.45) is 3.05. The summed E-state index contributed by atoms with van der Waals surface area (Å²) < 4.78 is 10.7. The highest BCUT2D eigenvalue weighted by Gasteiger charge is 2.34. The SMILES string of the molecule is CCC(c1ccc(OC)cc1)(c1ccc(OC)cc1)c1ccc(SC)cc1. The highest BCUT2D eigenvalue weighted by Crippen LogP contribution is 2.43. The van der Waals surface area contributed by atoms with E-state index in [1.165, 1.54) is 21.6 Å². The molecule has 0 unspecified atom stereocenters. The van der Waals surface area contributed by atoms with Crippen LogP contribution in [0, 0.1) is 0 Å². The van der Waals surface area contributed by atoms with E-state index in [1.54, 1.807) is 26.0 Å². The van der Waals surface area contributed by atoms with Crippen LogP contribution >= 0.6 is 11.8 Å². The quantitative estimate of drug-likeness (QED) is 0.362. The van der Waals surface area contributed by atoms with Gasteiger partial charge in [-0.25, -0.2) is 0 Å². The van der Waals surface area contributed by atoms with E-state index >= 15 is 0 Å². The Bertz CT molecular complexity index is 737. The van der Waals surface area contributed by atoms with E-state index in [0.29, 0.717) is 0 Å². The Morgan fingerprint density at radius 3 is 1.33 bits per heavy atom. The van der Waals surface area contributed by atoms with Crippen molar-refractivity contribution in [1.29, 1.82) is 0 Å². The van der Waals surface area contributed by atoms with Gasteiger partial charge in [0, 0.05) is 10.3 Å². The lowest BCUT2D eigenvalue weighted by Crippen LogP contribution is -2.28. The monoisotopic (exact) mass is 378 g/mol. The Hall–Kier alpha value is -2.39. The summed E-state index contributed by atoms with van der Waals surface area (Å²) in [4.78, 5) is 1.27. The number of ether oxygens (including phenoxy) is 2. The van der Waals surface area contributed by atoms with Crippen molar-refractivity contribution >= 4 is 11.8 Å². The fourth-order valence-electron chi connectivity index (χ4n) is 3.74. The average Bonchev–Trinajstić information content (AvgIpc) is 2.76. The van der Waals surface area contributed by atoms with Crippen LogP contribution in [0.3, 0.4) is 0 Å². The molecule has 0 aliphatic heterocycles. The summed E-state index contributed by atoms with van der Waals surface area (Å²) in [7, 11) is 3.40. The zero-order chi connectivity index (χ0) is 19.3. The van der Waals surface area contributed by atoms with E-state index in [9.17, 15) is 0 Å². The van der Waals surface area contributed by atoms with Crippen molar-refractivity contribution in [2.45, 2.75) is 23.7 Å². The number of hydrogen-bond donors (Lipinski definition) is 0. The molecule has 0 saturated carbocycles. The summed E-state index contributed by atoms with van der Waals surface area (Å²) in [6.45, 7) is 2.25. The zero-order valence-corrected chi connectivity index (χ0v) is 17.2. The Kier molecular flexibility index (Phi) is 6.12. The maximum Gasteiger partial charge on any atom is 0.118 e. The number of hydrogen-bond acceptors (Lipinski definition) is 3. The molecule has 3 aromatic carbocycles. The molecule has 3 aromatic rings. The standard InChI is InChI=1S/C24H26O2S/c1-5-24(18-6-12-21(25-2)13-7-18,19-8-14-22(26-3)15-9-19)20-10-16-23(27-4)17-11-20/h6-17H,5H2,1-4H3. The Morgan fingerprint density at radius 1 is 0.667 bits per heavy atom. The van der Waals surface area contributed by atoms with Crippen LogP contribution in [0.15, 0.2) is 77.7 Å². The third kappa shape index (κ3) is 3.70. The van der Waals surface area contributed by atoms with Gasteiger partial charge in [0.2, 0.25) is 0 Å². The molecule has 0 amide bonds. The summed E-state index contributed by atoms with van der Waals surface area (Å²) in [5, 5.41) is 0. The zero-order valence-electron chi connectivity index (χ0n) is 16.4. The van der Waals surface area contributed by atoms with Crippen LogP contribution in [-0.2, 0) is 5.41 Å². The molecule has 0 fully saturated rings. The van der Waals surface area contributed by atoms with Gasteiger partial charge in [0.05, 0.1) is 14.2 Å². The predicted octanol–water partition coefficient (Wildman–Crippen LogP) is 6.17. The first kappa shape index (κ1) is 19.4. The molecule has 0 aliphatic rings. The van der Waals surface area contributed by atoms with Crippen molar-refractivity contribution in [2.24, 2.45) is 0 Å². The molecular formula is C24H26O2S. The van der Waals surface area contributed by atoms with Crippen molar-refractivity contribution in [3.63, 3.8) is 0 Å². The van der Waals surface area contributed by atoms with Crippen LogP contribution in [0.25, 0.3) is 0 Å². The fraction of sp³-hybridized carbons (Fsp3) is 0.250. The maximum absolute atomic E-state index is 5.37. The van der Waals surface area contributed by atoms with Gasteiger partial charge in [-0.2, -0.15) is 0 Å². The van der Waals surface area contributed by atoms with Gasteiger partial charge in [-0.3, -0.25) is 0 Å². The van der Waals surface area contributed by atoms with Crippen molar-refractivity contribution in [3.05, 3.63) is 89.5 Å². The van der Waals surface area contributed by atoms with Gasteiger partial charge >= 0.3 is 0 Å². The lowest BCUT2D eigenvalue weighted by atomic mass is 9.68. The van der Waals surface area contributed by atoms with Crippen LogP contribution < -0.4 is 9.47 Å². The van der Waals surface area contributed by atoms with Crippen molar-refractivity contribution < 1.29 is 9.47 Å². The molecule has 0 atom stereocenters. The van der Waals surface area contributed by atoms with Gasteiger partial charge in [0.25, 0.3) is 0 Å². The highest BCUT2D eigenvalue weighted by molar-refractivity contribution is 7.98. The lowest BCUT2D eigenvalue weighted by molar-refractivity contribution is 0.413. The molecule has 0 N–H and O–H groups in total. The first-order valence-electron chi connectivity index (χ1n) is 9.11. The second-order valence-corrected chi connectivity index (χ2v) is 7.32. The molecule has 0 saturated heterocycles. The second kappa shape index (κ2) is 8.53. The van der Waals surface area contributed by atoms with Gasteiger partial charge in [0.15, 0.2) is 0 Å². The normalized spacial score (nSPS) is 11.3. The maximum atomic E-state index is 5.37. The predicted molar refractivity (Wildman–Crippen MR) is 114 cm³/mol. The summed E-state index contributed by atoms with van der Waals surface area (Å²) >= 11 is 1.76. The molecule has 2 nitrogen and oxygen atoms in total. The van der Waals surface area contributed by atoms with Crippen LogP contribution in [0.5, 0.6) is 11.5 Å². The number of methoxy groups -OCH3 is 2. The van der Waals surface area contributed by atoms with E-state index < -0.39 is 0 Å². The minimum Gasteiger partial charge on any atom is -0.497 e. The Balaban J connectivity index is 2.20. The number of thioether (sulfide) groups is 1. The molecular weight excluding hydrogens is 352 g/mol. The van der Waals surface area contributed by atoms with Gasteiger partial charge in [-0.05, 0) is 65.8 Å². The largest absolute Gasteiger partial charge is 0.497 e. The topological polar surface area (TPSA) is 18.5 Å². The van der Waals surface area contributed by atoms with E-state index in [1.807, 2.05) is 24.3 Å². The first-order valence-corrected chi connectivity index (χ1v) is 10.3. The van der Waals surface area contributed by atoms with E-state index in [-0.39, 0.29) is 5.41 Å². The minimum atomic E-state index is -0.227. The van der Waals surface area contributed by atoms with Gasteiger partial charge in [-0.15, -0.1) is 11.8 Å². The highest BCUT2D eigenvalue weighted by atomic mass is 32.2. The third-order valence-corrected chi connectivity index (χ3v) is 6.02. The summed E-state index contributed by atoms with van der Waals surface area (Å²) in [6, 6.07) is 25.8. The smallest absolute Gasteiger partial charge is 0.118 e. The molecule has 27 heavy (non-hydrogen) atoms. The van der Waals surface area contributed by atoms with E-state index in [0.717, 1.165) is 17.9 Å². The molecule has 3 heteroatoms. The Labute approximate surface area is 166 Å². The fourth-order valence-corrected chi connectivity index (χ4v) is 4.15. The van der Waals surface area contributed by atoms with Crippen LogP contribution in [-0.4, -0.2) is 20.5 Å². The van der Waals surface area contributed by atoms with Crippen LogP contribution in [0.4, 0.5) is 0 Å². The molecule has 0 bridgehead atoms. The van der Waals surface area contributed by atoms with E-state index in [4.69, 9.17) is 9.47 Å². The summed E-state index contributed by atoms with van der Waals surface area (Å²) in [5.41, 5.74) is 3.58. The van der Waals surface area contributed by atoms with Crippen molar-refractivity contribution in [2.75, 3.05) is 20.5 Å². The van der Waals surface area contributed by atoms with Gasteiger partial charge in [0.1, 0.15) is 11.5 Å². The molecule has 0 aromatic heterocycles. The second-order valence-electron chi connectivity index (χ2n) is 6.44. The van der Waals surface area contributed by atoms with Crippen LogP contribution in [0.1, 0.15) is 30.0 Å². The number of benzene rings is 3. The van der Waals surface area contributed by atoms with Crippen LogP contribution in [0.2, 0.25) is 0 Å². The van der Waals surface area contributed by atoms with Crippen molar-refractivity contribution in [1.82, 2.24) is 0 Å². The minimum absolute atomic E-state index is 0.227. The Morgan fingerprint density at radius 2 is 1.04 bits per heavy atom. The summed E-state index contributed by atoms with van der Waals surface area (Å²) in [5.74, 6) is 1.74. The molecule has 3 rings (SSSR count). The average molecular weight is 379 g/mol. The van der Waals surface area contributed by atoms with Crippen molar-refractivity contribution in [3.8, 4) is 11.5 Å². The molecule has 0 aliphatic carbocycles. The van der Waals surface area contributed by atoms with Gasteiger partial charge < -0.3 is 9.47 Å². The third-order valence-electron chi connectivity index (χ3n) is 5.28. The number of rotatable bonds is 7. The molecule has 0 radical (unpaired) electrons. The molecule has 140 valence electrons. The molecule has 0 heterocycles. The lowest BCUT2D eigenvalue weighted by Gasteiger charge is -2.35. The molecule has 0 spiro atoms. The van der Waals surface area contributed by atoms with E-state index in [2.05, 4.69) is 61.7 Å². The van der Waals surface area contributed by atoms with Gasteiger partial charge in [-0.1, -0.05) is 43.3 Å². The first-order chi connectivity index (χ1) is 13.2.